The first-order valence-electron chi connectivity index (χ1n) is 5.21. The van der Waals surface area contributed by atoms with Gasteiger partial charge in [0.15, 0.2) is 0 Å². The summed E-state index contributed by atoms with van der Waals surface area (Å²) in [5.74, 6) is 0. The number of nitrogen functional groups attached to an aromatic ring is 1. The van der Waals surface area contributed by atoms with E-state index in [0.29, 0.717) is 28.7 Å². The summed E-state index contributed by atoms with van der Waals surface area (Å²) in [7, 11) is 0. The first kappa shape index (κ1) is 13.4. The van der Waals surface area contributed by atoms with Gasteiger partial charge in [-0.25, -0.2) is 0 Å². The molecule has 1 atom stereocenters. The molecule has 0 aromatic heterocycles. The normalized spacial score (nSPS) is 12.5. The van der Waals surface area contributed by atoms with E-state index < -0.39 is 0 Å². The highest BCUT2D eigenvalue weighted by atomic mass is 35.5. The second kappa shape index (κ2) is 6.18. The van der Waals surface area contributed by atoms with Crippen molar-refractivity contribution in [3.8, 4) is 0 Å². The minimum atomic E-state index is -0.281. The lowest BCUT2D eigenvalue weighted by Gasteiger charge is -2.12. The van der Waals surface area contributed by atoms with Crippen LogP contribution in [0.4, 0.5) is 11.4 Å². The summed E-state index contributed by atoms with van der Waals surface area (Å²) in [6.07, 6.45) is 1.14. The highest BCUT2D eigenvalue weighted by molar-refractivity contribution is 6.42. The first-order valence-corrected chi connectivity index (χ1v) is 5.96. The molecule has 0 bridgehead atoms. The second-order valence-corrected chi connectivity index (χ2v) is 4.45. The monoisotopic (exact) mass is 262 g/mol. The minimum Gasteiger partial charge on any atom is -0.397 e. The van der Waals surface area contributed by atoms with Crippen LogP contribution in [0.1, 0.15) is 19.8 Å². The van der Waals surface area contributed by atoms with Gasteiger partial charge >= 0.3 is 0 Å². The van der Waals surface area contributed by atoms with Gasteiger partial charge in [-0.15, -0.1) is 0 Å². The minimum absolute atomic E-state index is 0.281. The molecule has 0 saturated heterocycles. The molecule has 5 heteroatoms. The number of aliphatic hydroxyl groups is 1. The van der Waals surface area contributed by atoms with E-state index in [4.69, 9.17) is 28.9 Å². The van der Waals surface area contributed by atoms with Crippen molar-refractivity contribution in [3.63, 3.8) is 0 Å². The maximum Gasteiger partial charge on any atom is 0.0614 e. The Hall–Kier alpha value is -0.640. The second-order valence-electron chi connectivity index (χ2n) is 3.63. The van der Waals surface area contributed by atoms with Gasteiger partial charge < -0.3 is 16.2 Å². The fraction of sp³-hybridized carbons (Fsp3) is 0.455. The molecule has 0 spiro atoms. The molecule has 90 valence electrons. The molecular formula is C11H16Cl2N2O. The lowest BCUT2D eigenvalue weighted by atomic mass is 10.2. The van der Waals surface area contributed by atoms with Crippen molar-refractivity contribution in [2.75, 3.05) is 17.6 Å². The average Bonchev–Trinajstić information content (AvgIpc) is 2.25. The molecule has 0 aliphatic carbocycles. The Morgan fingerprint density at radius 2 is 2.00 bits per heavy atom. The van der Waals surface area contributed by atoms with Crippen molar-refractivity contribution < 1.29 is 5.11 Å². The number of benzene rings is 1. The van der Waals surface area contributed by atoms with Crippen LogP contribution in [0.5, 0.6) is 0 Å². The van der Waals surface area contributed by atoms with Gasteiger partial charge in [-0.2, -0.15) is 0 Å². The molecule has 0 aliphatic heterocycles. The number of halogens is 2. The van der Waals surface area contributed by atoms with Gasteiger partial charge in [0, 0.05) is 6.54 Å². The van der Waals surface area contributed by atoms with Gasteiger partial charge in [-0.1, -0.05) is 30.1 Å². The topological polar surface area (TPSA) is 58.3 Å². The molecule has 16 heavy (non-hydrogen) atoms. The number of rotatable bonds is 5. The predicted molar refractivity (Wildman–Crippen MR) is 70.3 cm³/mol. The maximum absolute atomic E-state index is 9.39. The molecule has 1 rings (SSSR count). The van der Waals surface area contributed by atoms with E-state index >= 15 is 0 Å². The van der Waals surface area contributed by atoms with Crippen LogP contribution in [0.15, 0.2) is 12.1 Å². The van der Waals surface area contributed by atoms with Crippen molar-refractivity contribution in [1.29, 1.82) is 0 Å². The fourth-order valence-corrected chi connectivity index (χ4v) is 1.63. The van der Waals surface area contributed by atoms with Crippen LogP contribution in [0.3, 0.4) is 0 Å². The molecule has 1 unspecified atom stereocenters. The largest absolute Gasteiger partial charge is 0.397 e. The van der Waals surface area contributed by atoms with E-state index in [1.54, 1.807) is 12.1 Å². The third-order valence-electron chi connectivity index (χ3n) is 2.36. The van der Waals surface area contributed by atoms with E-state index in [0.717, 1.165) is 12.1 Å². The number of aliphatic hydroxyl groups excluding tert-OH is 1. The summed E-state index contributed by atoms with van der Waals surface area (Å²) in [4.78, 5) is 0. The molecule has 0 heterocycles. The lowest BCUT2D eigenvalue weighted by Crippen LogP contribution is -2.13. The Morgan fingerprint density at radius 3 is 2.62 bits per heavy atom. The molecule has 4 N–H and O–H groups in total. The first-order chi connectivity index (χ1) is 7.54. The van der Waals surface area contributed by atoms with Crippen LogP contribution >= 0.6 is 23.2 Å². The van der Waals surface area contributed by atoms with Gasteiger partial charge in [-0.05, 0) is 25.0 Å². The Morgan fingerprint density at radius 1 is 1.38 bits per heavy atom. The van der Waals surface area contributed by atoms with Crippen LogP contribution < -0.4 is 11.1 Å². The van der Waals surface area contributed by atoms with Gasteiger partial charge in [0.25, 0.3) is 0 Å². The van der Waals surface area contributed by atoms with Crippen molar-refractivity contribution in [2.45, 2.75) is 25.9 Å². The summed E-state index contributed by atoms with van der Waals surface area (Å²) in [5.41, 5.74) is 7.08. The molecule has 3 nitrogen and oxygen atoms in total. The SMILES string of the molecule is CCC(O)CCNc1cc(Cl)c(Cl)cc1N. The van der Waals surface area contributed by atoms with Crippen molar-refractivity contribution >= 4 is 34.6 Å². The Balaban J connectivity index is 2.57. The van der Waals surface area contributed by atoms with Gasteiger partial charge in [0.2, 0.25) is 0 Å². The zero-order valence-electron chi connectivity index (χ0n) is 9.13. The van der Waals surface area contributed by atoms with Gasteiger partial charge in [-0.3, -0.25) is 0 Å². The summed E-state index contributed by atoms with van der Waals surface area (Å²) in [6.45, 7) is 2.59. The fourth-order valence-electron chi connectivity index (χ4n) is 1.29. The smallest absolute Gasteiger partial charge is 0.0614 e. The molecule has 1 aromatic rings. The van der Waals surface area contributed by atoms with E-state index in [1.165, 1.54) is 0 Å². The molecule has 0 saturated carbocycles. The molecular weight excluding hydrogens is 247 g/mol. The van der Waals surface area contributed by atoms with E-state index in [-0.39, 0.29) is 6.10 Å². The quantitative estimate of drug-likeness (QED) is 0.715. The third-order valence-corrected chi connectivity index (χ3v) is 3.08. The van der Waals surface area contributed by atoms with E-state index in [2.05, 4.69) is 5.32 Å². The van der Waals surface area contributed by atoms with E-state index in [1.807, 2.05) is 6.92 Å². The van der Waals surface area contributed by atoms with Gasteiger partial charge in [0.05, 0.1) is 27.5 Å². The summed E-state index contributed by atoms with van der Waals surface area (Å²) < 4.78 is 0. The van der Waals surface area contributed by atoms with Crippen LogP contribution in [-0.2, 0) is 0 Å². The number of nitrogens with two attached hydrogens (primary N) is 1. The lowest BCUT2D eigenvalue weighted by molar-refractivity contribution is 0.164. The van der Waals surface area contributed by atoms with Crippen LogP contribution in [-0.4, -0.2) is 17.8 Å². The molecule has 1 aromatic carbocycles. The number of nitrogens with one attached hydrogen (secondary N) is 1. The number of hydrogen-bond acceptors (Lipinski definition) is 3. The number of hydrogen-bond donors (Lipinski definition) is 3. The average molecular weight is 263 g/mol. The Kier molecular flexibility index (Phi) is 5.19. The maximum atomic E-state index is 9.39. The zero-order valence-corrected chi connectivity index (χ0v) is 10.6. The molecule has 0 amide bonds. The Labute approximate surface area is 106 Å². The summed E-state index contributed by atoms with van der Waals surface area (Å²) in [5, 5.41) is 13.4. The van der Waals surface area contributed by atoms with Crippen LogP contribution in [0, 0.1) is 0 Å². The highest BCUT2D eigenvalue weighted by Gasteiger charge is 2.05. The van der Waals surface area contributed by atoms with E-state index in [9.17, 15) is 5.11 Å². The summed E-state index contributed by atoms with van der Waals surface area (Å²) >= 11 is 11.7. The van der Waals surface area contributed by atoms with Gasteiger partial charge in [0.1, 0.15) is 0 Å². The molecule has 0 aliphatic rings. The van der Waals surface area contributed by atoms with Crippen LogP contribution in [0.2, 0.25) is 10.0 Å². The zero-order chi connectivity index (χ0) is 12.1. The molecule has 0 radical (unpaired) electrons. The highest BCUT2D eigenvalue weighted by Crippen LogP contribution is 2.30. The number of anilines is 2. The van der Waals surface area contributed by atoms with Crippen molar-refractivity contribution in [1.82, 2.24) is 0 Å². The van der Waals surface area contributed by atoms with Crippen LogP contribution in [0.25, 0.3) is 0 Å². The van der Waals surface area contributed by atoms with Crippen molar-refractivity contribution in [2.24, 2.45) is 0 Å². The Bertz CT molecular complexity index is 358. The standard InChI is InChI=1S/C11H16Cl2N2O/c1-2-7(16)3-4-15-11-6-9(13)8(12)5-10(11)14/h5-7,15-16H,2-4,14H2,1H3. The van der Waals surface area contributed by atoms with Crippen molar-refractivity contribution in [3.05, 3.63) is 22.2 Å². The molecule has 0 fully saturated rings. The summed E-state index contributed by atoms with van der Waals surface area (Å²) in [6, 6.07) is 3.31. The predicted octanol–water partition coefficient (Wildman–Crippen LogP) is 3.15. The third kappa shape index (κ3) is 3.74.